The molecule has 0 aromatic heterocycles. The minimum Gasteiger partial charge on any atom is -0.385 e. The Morgan fingerprint density at radius 3 is 2.75 bits per heavy atom. The van der Waals surface area contributed by atoms with Crippen molar-refractivity contribution in [3.05, 3.63) is 29.3 Å². The van der Waals surface area contributed by atoms with Gasteiger partial charge >= 0.3 is 6.18 Å². The van der Waals surface area contributed by atoms with Crippen LogP contribution in [0.3, 0.4) is 0 Å². The monoisotopic (exact) mass is 283 g/mol. The number of hydrogen-bond donors (Lipinski definition) is 1. The molecule has 1 atom stereocenters. The first-order valence-electron chi connectivity index (χ1n) is 6.44. The summed E-state index contributed by atoms with van der Waals surface area (Å²) in [6, 6.07) is 5.21. The first-order valence-corrected chi connectivity index (χ1v) is 6.44. The van der Waals surface area contributed by atoms with Gasteiger partial charge in [-0.3, -0.25) is 0 Å². The van der Waals surface area contributed by atoms with Crippen molar-refractivity contribution in [1.82, 2.24) is 4.90 Å². The van der Waals surface area contributed by atoms with Crippen molar-refractivity contribution in [2.24, 2.45) is 5.92 Å². The molecule has 0 bridgehead atoms. The number of rotatable bonds is 3. The number of nitrogens with zero attached hydrogens (tertiary/aromatic N) is 2. The molecule has 0 saturated carbocycles. The molecule has 6 heteroatoms. The van der Waals surface area contributed by atoms with Crippen LogP contribution in [0, 0.1) is 17.2 Å². The maximum atomic E-state index is 12.7. The average Bonchev–Trinajstić information content (AvgIpc) is 2.80. The number of benzene rings is 1. The van der Waals surface area contributed by atoms with E-state index >= 15 is 0 Å². The van der Waals surface area contributed by atoms with Gasteiger partial charge in [0.15, 0.2) is 0 Å². The summed E-state index contributed by atoms with van der Waals surface area (Å²) in [7, 11) is 2.05. The molecule has 1 aliphatic rings. The Labute approximate surface area is 116 Å². The maximum Gasteiger partial charge on any atom is 0.417 e. The van der Waals surface area contributed by atoms with Gasteiger partial charge in [-0.2, -0.15) is 18.4 Å². The summed E-state index contributed by atoms with van der Waals surface area (Å²) < 4.78 is 38.0. The van der Waals surface area contributed by atoms with Crippen LogP contribution in [0.5, 0.6) is 0 Å². The maximum absolute atomic E-state index is 12.7. The summed E-state index contributed by atoms with van der Waals surface area (Å²) in [6.45, 7) is 2.74. The minimum atomic E-state index is -4.49. The van der Waals surface area contributed by atoms with Crippen molar-refractivity contribution in [2.75, 3.05) is 32.0 Å². The van der Waals surface area contributed by atoms with E-state index in [1.165, 1.54) is 12.1 Å². The Hall–Kier alpha value is -1.74. The van der Waals surface area contributed by atoms with Gasteiger partial charge in [-0.05, 0) is 44.1 Å². The van der Waals surface area contributed by atoms with Gasteiger partial charge in [0.05, 0.1) is 17.2 Å². The van der Waals surface area contributed by atoms with Gasteiger partial charge in [-0.1, -0.05) is 0 Å². The Bertz CT molecular complexity index is 519. The molecule has 2 rings (SSSR count). The smallest absolute Gasteiger partial charge is 0.385 e. The van der Waals surface area contributed by atoms with Crippen molar-refractivity contribution in [1.29, 1.82) is 5.26 Å². The van der Waals surface area contributed by atoms with Gasteiger partial charge in [0.2, 0.25) is 0 Å². The molecule has 1 aliphatic heterocycles. The molecule has 0 radical (unpaired) electrons. The minimum absolute atomic E-state index is 0.342. The van der Waals surface area contributed by atoms with Crippen molar-refractivity contribution < 1.29 is 13.2 Å². The van der Waals surface area contributed by atoms with E-state index in [2.05, 4.69) is 10.2 Å². The van der Waals surface area contributed by atoms with E-state index in [1.807, 2.05) is 7.05 Å². The van der Waals surface area contributed by atoms with Gasteiger partial charge in [-0.25, -0.2) is 0 Å². The number of nitrogens with one attached hydrogen (secondary N) is 1. The molecule has 0 spiro atoms. The van der Waals surface area contributed by atoms with Crippen molar-refractivity contribution in [3.63, 3.8) is 0 Å². The van der Waals surface area contributed by atoms with E-state index in [0.29, 0.717) is 18.2 Å². The Morgan fingerprint density at radius 1 is 1.45 bits per heavy atom. The topological polar surface area (TPSA) is 39.1 Å². The molecule has 0 amide bonds. The predicted molar refractivity (Wildman–Crippen MR) is 70.3 cm³/mol. The third-order valence-corrected chi connectivity index (χ3v) is 3.53. The molecule has 1 saturated heterocycles. The summed E-state index contributed by atoms with van der Waals surface area (Å²) in [6.07, 6.45) is -3.41. The number of hydrogen-bond acceptors (Lipinski definition) is 3. The molecule has 3 nitrogen and oxygen atoms in total. The molecular weight excluding hydrogens is 267 g/mol. The normalized spacial score (nSPS) is 19.9. The zero-order chi connectivity index (χ0) is 14.8. The van der Waals surface area contributed by atoms with Crippen LogP contribution in [0.15, 0.2) is 18.2 Å². The molecule has 0 aliphatic carbocycles. The second kappa shape index (κ2) is 5.71. The van der Waals surface area contributed by atoms with Crippen LogP contribution in [-0.4, -0.2) is 31.6 Å². The van der Waals surface area contributed by atoms with Crippen LogP contribution in [0.4, 0.5) is 18.9 Å². The number of anilines is 1. The first kappa shape index (κ1) is 14.7. The molecular formula is C14H16F3N3. The third kappa shape index (κ3) is 3.42. The molecule has 20 heavy (non-hydrogen) atoms. The molecule has 1 N–H and O–H groups in total. The lowest BCUT2D eigenvalue weighted by molar-refractivity contribution is -0.137. The summed E-state index contributed by atoms with van der Waals surface area (Å²) in [5, 5.41) is 12.0. The number of nitriles is 1. The van der Waals surface area contributed by atoms with Crippen molar-refractivity contribution in [2.45, 2.75) is 12.6 Å². The van der Waals surface area contributed by atoms with E-state index in [1.54, 1.807) is 6.07 Å². The molecule has 1 heterocycles. The highest BCUT2D eigenvalue weighted by Gasteiger charge is 2.33. The second-order valence-electron chi connectivity index (χ2n) is 5.17. The van der Waals surface area contributed by atoms with Gasteiger partial charge in [0.1, 0.15) is 0 Å². The summed E-state index contributed by atoms with van der Waals surface area (Å²) in [5.74, 6) is 0.493. The summed E-state index contributed by atoms with van der Waals surface area (Å²) in [5.41, 5.74) is -0.665. The van der Waals surface area contributed by atoms with Crippen LogP contribution in [0.2, 0.25) is 0 Å². The van der Waals surface area contributed by atoms with E-state index in [-0.39, 0.29) is 5.56 Å². The largest absolute Gasteiger partial charge is 0.417 e. The fourth-order valence-corrected chi connectivity index (χ4v) is 2.45. The van der Waals surface area contributed by atoms with E-state index in [4.69, 9.17) is 5.26 Å². The van der Waals surface area contributed by atoms with Gasteiger partial charge in [-0.15, -0.1) is 0 Å². The predicted octanol–water partition coefficient (Wildman–Crippen LogP) is 2.94. The summed E-state index contributed by atoms with van der Waals surface area (Å²) in [4.78, 5) is 2.22. The number of alkyl halides is 3. The van der Waals surface area contributed by atoms with Crippen LogP contribution in [-0.2, 0) is 6.18 Å². The van der Waals surface area contributed by atoms with Crippen molar-refractivity contribution in [3.8, 4) is 6.07 Å². The zero-order valence-electron chi connectivity index (χ0n) is 11.2. The van der Waals surface area contributed by atoms with E-state index in [0.717, 1.165) is 25.6 Å². The zero-order valence-corrected chi connectivity index (χ0v) is 11.2. The molecule has 1 aromatic carbocycles. The Balaban J connectivity index is 2.05. The lowest BCUT2D eigenvalue weighted by Gasteiger charge is -2.14. The quantitative estimate of drug-likeness (QED) is 0.927. The molecule has 1 fully saturated rings. The highest BCUT2D eigenvalue weighted by molar-refractivity contribution is 5.53. The van der Waals surface area contributed by atoms with Gasteiger partial charge in [0, 0.05) is 18.8 Å². The SMILES string of the molecule is CN1CCC(CNc2ccc(C(F)(F)F)c(C#N)c2)C1. The van der Waals surface area contributed by atoms with Crippen LogP contribution >= 0.6 is 0 Å². The highest BCUT2D eigenvalue weighted by Crippen LogP contribution is 2.33. The van der Waals surface area contributed by atoms with Crippen LogP contribution < -0.4 is 5.32 Å². The van der Waals surface area contributed by atoms with Crippen LogP contribution in [0.25, 0.3) is 0 Å². The third-order valence-electron chi connectivity index (χ3n) is 3.53. The van der Waals surface area contributed by atoms with E-state index in [9.17, 15) is 13.2 Å². The molecule has 1 unspecified atom stereocenters. The van der Waals surface area contributed by atoms with Crippen molar-refractivity contribution >= 4 is 5.69 Å². The molecule has 1 aromatic rings. The van der Waals surface area contributed by atoms with Gasteiger partial charge in [0.25, 0.3) is 0 Å². The standard InChI is InChI=1S/C14H16F3N3/c1-20-5-4-10(9-20)8-19-12-2-3-13(14(15,16)17)11(6-12)7-18/h2-3,6,10,19H,4-5,8-9H2,1H3. The highest BCUT2D eigenvalue weighted by atomic mass is 19.4. The Morgan fingerprint density at radius 2 is 2.20 bits per heavy atom. The van der Waals surface area contributed by atoms with Gasteiger partial charge < -0.3 is 10.2 Å². The number of halogens is 3. The first-order chi connectivity index (χ1) is 9.40. The van der Waals surface area contributed by atoms with Crippen LogP contribution in [0.1, 0.15) is 17.5 Å². The average molecular weight is 283 g/mol. The van der Waals surface area contributed by atoms with E-state index < -0.39 is 11.7 Å². The summed E-state index contributed by atoms with van der Waals surface area (Å²) >= 11 is 0. The fraction of sp³-hybridized carbons (Fsp3) is 0.500. The number of likely N-dealkylation sites (tertiary alicyclic amines) is 1. The Kier molecular flexibility index (Phi) is 4.19. The molecule has 108 valence electrons. The fourth-order valence-electron chi connectivity index (χ4n) is 2.45. The lowest BCUT2D eigenvalue weighted by atomic mass is 10.1. The lowest BCUT2D eigenvalue weighted by Crippen LogP contribution is -2.19. The second-order valence-corrected chi connectivity index (χ2v) is 5.17.